The predicted molar refractivity (Wildman–Crippen MR) is 56.9 cm³/mol. The van der Waals surface area contributed by atoms with Crippen LogP contribution >= 0.6 is 0 Å². The summed E-state index contributed by atoms with van der Waals surface area (Å²) in [5.74, 6) is 0.805. The maximum Gasteiger partial charge on any atom is 0.234 e. The molecule has 0 unspecified atom stereocenters. The van der Waals surface area contributed by atoms with Crippen molar-refractivity contribution in [1.29, 1.82) is 0 Å². The molecule has 1 amide bonds. The van der Waals surface area contributed by atoms with Gasteiger partial charge < -0.3 is 11.1 Å². The fraction of sp³-hybridized carbons (Fsp3) is 0.900. The van der Waals surface area contributed by atoms with E-state index < -0.39 is 0 Å². The van der Waals surface area contributed by atoms with Gasteiger partial charge in [-0.25, -0.2) is 0 Å². The third-order valence-corrected chi connectivity index (χ3v) is 2.78. The van der Waals surface area contributed by atoms with Gasteiger partial charge in [-0.1, -0.05) is 0 Å². The summed E-state index contributed by atoms with van der Waals surface area (Å²) in [6.07, 6.45) is 2.27. The second-order valence-electron chi connectivity index (χ2n) is 3.91. The Morgan fingerprint density at radius 2 is 2.14 bits per heavy atom. The fourth-order valence-electron chi connectivity index (χ4n) is 1.84. The lowest BCUT2D eigenvalue weighted by Crippen LogP contribution is -2.42. The van der Waals surface area contributed by atoms with Gasteiger partial charge in [-0.2, -0.15) is 0 Å². The van der Waals surface area contributed by atoms with E-state index in [0.717, 1.165) is 39.0 Å². The summed E-state index contributed by atoms with van der Waals surface area (Å²) in [6, 6.07) is 0. The van der Waals surface area contributed by atoms with Crippen molar-refractivity contribution < 1.29 is 4.79 Å². The first kappa shape index (κ1) is 11.5. The summed E-state index contributed by atoms with van der Waals surface area (Å²) in [6.45, 7) is 6.02. The van der Waals surface area contributed by atoms with Gasteiger partial charge in [-0.3, -0.25) is 9.69 Å². The highest BCUT2D eigenvalue weighted by atomic mass is 16.2. The lowest BCUT2D eigenvalue weighted by molar-refractivity contribution is -0.122. The second-order valence-corrected chi connectivity index (χ2v) is 3.91. The molecule has 14 heavy (non-hydrogen) atoms. The van der Waals surface area contributed by atoms with Gasteiger partial charge in [0.1, 0.15) is 0 Å². The number of carbonyl (C=O) groups is 1. The fourth-order valence-corrected chi connectivity index (χ4v) is 1.84. The smallest absolute Gasteiger partial charge is 0.234 e. The number of likely N-dealkylation sites (tertiary alicyclic amines) is 1. The Bertz CT molecular complexity index is 176. The van der Waals surface area contributed by atoms with Crippen molar-refractivity contribution in [2.24, 2.45) is 11.7 Å². The molecule has 1 rings (SSSR count). The first-order valence-electron chi connectivity index (χ1n) is 5.45. The number of piperidine rings is 1. The summed E-state index contributed by atoms with van der Waals surface area (Å²) in [5, 5.41) is 2.81. The van der Waals surface area contributed by atoms with Crippen LogP contribution in [0.4, 0.5) is 0 Å². The van der Waals surface area contributed by atoms with Crippen LogP contribution in [-0.4, -0.2) is 43.5 Å². The molecule has 1 aliphatic rings. The quantitative estimate of drug-likeness (QED) is 0.659. The predicted octanol–water partition coefficient (Wildman–Crippen LogP) is -0.207. The number of hydrogen-bond acceptors (Lipinski definition) is 3. The van der Waals surface area contributed by atoms with Crippen molar-refractivity contribution in [3.05, 3.63) is 0 Å². The molecular formula is C10H21N3O. The first-order chi connectivity index (χ1) is 6.76. The molecule has 82 valence electrons. The Morgan fingerprint density at radius 3 is 2.64 bits per heavy atom. The lowest BCUT2D eigenvalue weighted by atomic mass is 9.97. The van der Waals surface area contributed by atoms with Gasteiger partial charge >= 0.3 is 0 Å². The Labute approximate surface area is 85.8 Å². The van der Waals surface area contributed by atoms with Gasteiger partial charge in [0.05, 0.1) is 6.54 Å². The molecule has 4 nitrogen and oxygen atoms in total. The summed E-state index contributed by atoms with van der Waals surface area (Å²) in [4.78, 5) is 13.5. The van der Waals surface area contributed by atoms with E-state index in [1.807, 2.05) is 6.92 Å². The molecule has 1 saturated heterocycles. The molecule has 0 saturated carbocycles. The maximum absolute atomic E-state index is 11.3. The topological polar surface area (TPSA) is 58.4 Å². The van der Waals surface area contributed by atoms with Crippen LogP contribution in [0.2, 0.25) is 0 Å². The van der Waals surface area contributed by atoms with E-state index in [2.05, 4.69) is 10.2 Å². The van der Waals surface area contributed by atoms with E-state index in [-0.39, 0.29) is 5.91 Å². The molecular weight excluding hydrogens is 178 g/mol. The first-order valence-corrected chi connectivity index (χ1v) is 5.45. The van der Waals surface area contributed by atoms with Gasteiger partial charge in [0, 0.05) is 6.54 Å². The Hall–Kier alpha value is -0.610. The Balaban J connectivity index is 2.18. The normalized spacial score (nSPS) is 19.6. The number of nitrogens with two attached hydrogens (primary N) is 1. The monoisotopic (exact) mass is 199 g/mol. The van der Waals surface area contributed by atoms with Crippen LogP contribution in [-0.2, 0) is 4.79 Å². The van der Waals surface area contributed by atoms with Crippen molar-refractivity contribution in [1.82, 2.24) is 10.2 Å². The van der Waals surface area contributed by atoms with Crippen LogP contribution in [0.5, 0.6) is 0 Å². The molecule has 1 fully saturated rings. The molecule has 0 aliphatic carbocycles. The Kier molecular flexibility index (Phi) is 4.90. The molecule has 1 heterocycles. The SMILES string of the molecule is CCNC(=O)CN1CCC(CN)CC1. The van der Waals surface area contributed by atoms with Crippen LogP contribution < -0.4 is 11.1 Å². The molecule has 4 heteroatoms. The second kappa shape index (κ2) is 5.98. The van der Waals surface area contributed by atoms with E-state index in [1.54, 1.807) is 0 Å². The molecule has 0 spiro atoms. The van der Waals surface area contributed by atoms with Gasteiger partial charge in [0.15, 0.2) is 0 Å². The number of nitrogens with one attached hydrogen (secondary N) is 1. The van der Waals surface area contributed by atoms with Crippen LogP contribution in [0.3, 0.4) is 0 Å². The highest BCUT2D eigenvalue weighted by Crippen LogP contribution is 2.14. The van der Waals surface area contributed by atoms with Gasteiger partial charge in [-0.05, 0) is 45.3 Å². The van der Waals surface area contributed by atoms with Crippen LogP contribution in [0, 0.1) is 5.92 Å². The highest BCUT2D eigenvalue weighted by molar-refractivity contribution is 5.77. The zero-order chi connectivity index (χ0) is 10.4. The number of nitrogens with zero attached hydrogens (tertiary/aromatic N) is 1. The highest BCUT2D eigenvalue weighted by Gasteiger charge is 2.19. The van der Waals surface area contributed by atoms with Crippen molar-refractivity contribution in [2.75, 3.05) is 32.7 Å². The average molecular weight is 199 g/mol. The summed E-state index contributed by atoms with van der Waals surface area (Å²) >= 11 is 0. The van der Waals surface area contributed by atoms with Crippen molar-refractivity contribution in [3.63, 3.8) is 0 Å². The van der Waals surface area contributed by atoms with Crippen LogP contribution in [0.1, 0.15) is 19.8 Å². The molecule has 0 atom stereocenters. The van der Waals surface area contributed by atoms with E-state index in [4.69, 9.17) is 5.73 Å². The number of hydrogen-bond donors (Lipinski definition) is 2. The van der Waals surface area contributed by atoms with E-state index in [0.29, 0.717) is 12.5 Å². The third-order valence-electron chi connectivity index (χ3n) is 2.78. The van der Waals surface area contributed by atoms with E-state index >= 15 is 0 Å². The number of carbonyl (C=O) groups excluding carboxylic acids is 1. The van der Waals surface area contributed by atoms with E-state index in [9.17, 15) is 4.79 Å². The van der Waals surface area contributed by atoms with Crippen molar-refractivity contribution in [2.45, 2.75) is 19.8 Å². The van der Waals surface area contributed by atoms with Crippen LogP contribution in [0.15, 0.2) is 0 Å². The lowest BCUT2D eigenvalue weighted by Gasteiger charge is -2.30. The molecule has 0 aromatic heterocycles. The standard InChI is InChI=1S/C10H21N3O/c1-2-12-10(14)8-13-5-3-9(7-11)4-6-13/h9H,2-8,11H2,1H3,(H,12,14). The average Bonchev–Trinajstić information content (AvgIpc) is 2.19. The minimum Gasteiger partial charge on any atom is -0.355 e. The number of likely N-dealkylation sites (N-methyl/N-ethyl adjacent to an activating group) is 1. The maximum atomic E-state index is 11.3. The van der Waals surface area contributed by atoms with Gasteiger partial charge in [-0.15, -0.1) is 0 Å². The minimum absolute atomic E-state index is 0.138. The third kappa shape index (κ3) is 3.64. The summed E-state index contributed by atoms with van der Waals surface area (Å²) in [5.41, 5.74) is 5.60. The molecule has 0 aromatic rings. The number of rotatable bonds is 4. The molecule has 3 N–H and O–H groups in total. The molecule has 0 bridgehead atoms. The molecule has 1 aliphatic heterocycles. The van der Waals surface area contributed by atoms with Gasteiger partial charge in [0.2, 0.25) is 5.91 Å². The zero-order valence-electron chi connectivity index (χ0n) is 8.96. The van der Waals surface area contributed by atoms with E-state index in [1.165, 1.54) is 0 Å². The molecule has 0 radical (unpaired) electrons. The largest absolute Gasteiger partial charge is 0.355 e. The zero-order valence-corrected chi connectivity index (χ0v) is 8.96. The van der Waals surface area contributed by atoms with Crippen LogP contribution in [0.25, 0.3) is 0 Å². The van der Waals surface area contributed by atoms with Crippen molar-refractivity contribution >= 4 is 5.91 Å². The van der Waals surface area contributed by atoms with Gasteiger partial charge in [0.25, 0.3) is 0 Å². The number of amides is 1. The summed E-state index contributed by atoms with van der Waals surface area (Å²) < 4.78 is 0. The summed E-state index contributed by atoms with van der Waals surface area (Å²) in [7, 11) is 0. The van der Waals surface area contributed by atoms with Crippen molar-refractivity contribution in [3.8, 4) is 0 Å². The molecule has 0 aromatic carbocycles. The Morgan fingerprint density at radius 1 is 1.50 bits per heavy atom. The minimum atomic E-state index is 0.138.